The Morgan fingerprint density at radius 1 is 0.950 bits per heavy atom. The second-order valence-corrected chi connectivity index (χ2v) is 4.85. The van der Waals surface area contributed by atoms with Crippen LogP contribution in [0.3, 0.4) is 0 Å². The lowest BCUT2D eigenvalue weighted by Gasteiger charge is -2.17. The van der Waals surface area contributed by atoms with Gasteiger partial charge in [0.2, 0.25) is 0 Å². The summed E-state index contributed by atoms with van der Waals surface area (Å²) < 4.78 is 10.6. The van der Waals surface area contributed by atoms with Gasteiger partial charge in [0.05, 0.1) is 10.0 Å². The van der Waals surface area contributed by atoms with Crippen molar-refractivity contribution in [3.63, 3.8) is 0 Å². The third-order valence-corrected chi connectivity index (χ3v) is 2.99. The number of halogens is 2. The van der Waals surface area contributed by atoms with Crippen molar-refractivity contribution in [3.8, 4) is 11.5 Å². The molecule has 1 aromatic carbocycles. The van der Waals surface area contributed by atoms with E-state index in [9.17, 15) is 9.59 Å². The van der Waals surface area contributed by atoms with Crippen molar-refractivity contribution in [1.82, 2.24) is 0 Å². The van der Waals surface area contributed by atoms with Crippen molar-refractivity contribution in [2.24, 2.45) is 11.5 Å². The van der Waals surface area contributed by atoms with Gasteiger partial charge in [-0.1, -0.05) is 23.2 Å². The molecule has 0 saturated heterocycles. The first-order valence-electron chi connectivity index (χ1n) is 5.63. The molecule has 0 fully saturated rings. The number of amides is 2. The summed E-state index contributed by atoms with van der Waals surface area (Å²) in [6.07, 6.45) is -1.76. The van der Waals surface area contributed by atoms with Gasteiger partial charge in [-0.3, -0.25) is 9.59 Å². The number of carbonyl (C=O) groups excluding carboxylic acids is 2. The Labute approximate surface area is 125 Å². The fraction of sp³-hybridized carbons (Fsp3) is 0.333. The number of benzene rings is 1. The summed E-state index contributed by atoms with van der Waals surface area (Å²) in [4.78, 5) is 21.9. The predicted molar refractivity (Wildman–Crippen MR) is 75.0 cm³/mol. The molecule has 0 heterocycles. The molecule has 1 aromatic rings. The van der Waals surface area contributed by atoms with Crippen LogP contribution in [0.5, 0.6) is 11.5 Å². The molecule has 20 heavy (non-hydrogen) atoms. The molecule has 0 aliphatic carbocycles. The quantitative estimate of drug-likeness (QED) is 0.828. The highest BCUT2D eigenvalue weighted by molar-refractivity contribution is 6.36. The van der Waals surface area contributed by atoms with Gasteiger partial charge in [0.15, 0.2) is 12.2 Å². The van der Waals surface area contributed by atoms with Crippen LogP contribution in [0.25, 0.3) is 0 Å². The summed E-state index contributed by atoms with van der Waals surface area (Å²) >= 11 is 11.9. The molecule has 0 aliphatic heterocycles. The van der Waals surface area contributed by atoms with E-state index < -0.39 is 24.0 Å². The van der Waals surface area contributed by atoms with E-state index in [1.807, 2.05) is 0 Å². The Kier molecular flexibility index (Phi) is 5.47. The second kappa shape index (κ2) is 6.67. The molecule has 0 aromatic heterocycles. The molecule has 2 atom stereocenters. The topological polar surface area (TPSA) is 105 Å². The van der Waals surface area contributed by atoms with Crippen LogP contribution in [-0.2, 0) is 9.59 Å². The minimum absolute atomic E-state index is 0.161. The molecule has 0 bridgehead atoms. The zero-order valence-corrected chi connectivity index (χ0v) is 12.4. The first-order valence-corrected chi connectivity index (χ1v) is 6.39. The number of primary amides is 2. The molecule has 8 heteroatoms. The van der Waals surface area contributed by atoms with E-state index in [2.05, 4.69) is 0 Å². The Balaban J connectivity index is 3.03. The normalized spacial score (nSPS) is 13.4. The van der Waals surface area contributed by atoms with Crippen molar-refractivity contribution >= 4 is 35.0 Å². The first-order chi connectivity index (χ1) is 9.22. The van der Waals surface area contributed by atoms with Gasteiger partial charge in [-0.2, -0.15) is 0 Å². The predicted octanol–water partition coefficient (Wildman–Crippen LogP) is 1.50. The molecular formula is C12H14Cl2N2O4. The molecule has 1 rings (SSSR count). The highest BCUT2D eigenvalue weighted by Gasteiger charge is 2.18. The fourth-order valence-corrected chi connectivity index (χ4v) is 1.66. The van der Waals surface area contributed by atoms with Gasteiger partial charge in [-0.25, -0.2) is 0 Å². The van der Waals surface area contributed by atoms with Gasteiger partial charge in [-0.05, 0) is 19.9 Å². The lowest BCUT2D eigenvalue weighted by molar-refractivity contribution is -0.124. The van der Waals surface area contributed by atoms with E-state index in [4.69, 9.17) is 44.1 Å². The Morgan fingerprint density at radius 2 is 1.30 bits per heavy atom. The van der Waals surface area contributed by atoms with Crippen LogP contribution in [0, 0.1) is 0 Å². The number of hydrogen-bond donors (Lipinski definition) is 2. The zero-order valence-electron chi connectivity index (χ0n) is 10.9. The van der Waals surface area contributed by atoms with Gasteiger partial charge in [0.1, 0.15) is 11.5 Å². The Bertz CT molecular complexity index is 493. The number of rotatable bonds is 6. The van der Waals surface area contributed by atoms with Crippen LogP contribution in [-0.4, -0.2) is 24.0 Å². The third-order valence-electron chi connectivity index (χ3n) is 2.40. The minimum Gasteiger partial charge on any atom is -0.479 e. The largest absolute Gasteiger partial charge is 0.479 e. The summed E-state index contributed by atoms with van der Waals surface area (Å²) in [5.41, 5.74) is 10.2. The maximum Gasteiger partial charge on any atom is 0.258 e. The molecule has 4 N–H and O–H groups in total. The van der Waals surface area contributed by atoms with E-state index in [1.165, 1.54) is 26.0 Å². The highest BCUT2D eigenvalue weighted by atomic mass is 35.5. The van der Waals surface area contributed by atoms with Crippen molar-refractivity contribution in [2.45, 2.75) is 26.1 Å². The van der Waals surface area contributed by atoms with Crippen LogP contribution >= 0.6 is 23.2 Å². The van der Waals surface area contributed by atoms with Gasteiger partial charge in [-0.15, -0.1) is 0 Å². The smallest absolute Gasteiger partial charge is 0.258 e. The van der Waals surface area contributed by atoms with Crippen LogP contribution < -0.4 is 20.9 Å². The standard InChI is InChI=1S/C12H14Cl2N2O4/c1-5(11(15)17)19-9-4-10(8(14)3-7(9)13)20-6(2)12(16)18/h3-6H,1-2H3,(H2,15,17)(H2,16,18)/t5-,6+. The summed E-state index contributed by atoms with van der Waals surface area (Å²) in [6, 6.07) is 2.73. The highest BCUT2D eigenvalue weighted by Crippen LogP contribution is 2.36. The molecule has 0 radical (unpaired) electrons. The fourth-order valence-electron chi connectivity index (χ4n) is 1.19. The first kappa shape index (κ1) is 16.4. The van der Waals surface area contributed by atoms with E-state index >= 15 is 0 Å². The molecule has 110 valence electrons. The third kappa shape index (κ3) is 4.18. The molecule has 0 saturated carbocycles. The van der Waals surface area contributed by atoms with Crippen molar-refractivity contribution in [1.29, 1.82) is 0 Å². The molecule has 0 aliphatic rings. The van der Waals surface area contributed by atoms with Crippen molar-refractivity contribution in [2.75, 3.05) is 0 Å². The summed E-state index contributed by atoms with van der Waals surface area (Å²) in [5.74, 6) is -0.976. The maximum absolute atomic E-state index is 11.0. The van der Waals surface area contributed by atoms with Crippen LogP contribution in [0.15, 0.2) is 12.1 Å². The van der Waals surface area contributed by atoms with Crippen molar-refractivity contribution in [3.05, 3.63) is 22.2 Å². The molecule has 0 spiro atoms. The van der Waals surface area contributed by atoms with Gasteiger partial charge in [0.25, 0.3) is 11.8 Å². The van der Waals surface area contributed by atoms with Gasteiger partial charge in [0, 0.05) is 6.07 Å². The van der Waals surface area contributed by atoms with Crippen molar-refractivity contribution < 1.29 is 19.1 Å². The number of nitrogens with two attached hydrogens (primary N) is 2. The maximum atomic E-state index is 11.0. The van der Waals surface area contributed by atoms with Crippen LogP contribution in [0.2, 0.25) is 10.0 Å². The molecule has 0 unspecified atom stereocenters. The molecule has 6 nitrogen and oxygen atoms in total. The van der Waals surface area contributed by atoms with Gasteiger partial charge < -0.3 is 20.9 Å². The monoisotopic (exact) mass is 320 g/mol. The Morgan fingerprint density at radius 3 is 1.60 bits per heavy atom. The lowest BCUT2D eigenvalue weighted by Crippen LogP contribution is -2.31. The van der Waals surface area contributed by atoms with E-state index in [0.717, 1.165) is 0 Å². The van der Waals surface area contributed by atoms with E-state index in [1.54, 1.807) is 0 Å². The average Bonchev–Trinajstić information content (AvgIpc) is 2.34. The van der Waals surface area contributed by atoms with E-state index in [0.29, 0.717) is 0 Å². The average molecular weight is 321 g/mol. The summed E-state index contributed by atoms with van der Waals surface area (Å²) in [7, 11) is 0. The molecule has 2 amide bonds. The Hall–Kier alpha value is -1.66. The number of ether oxygens (including phenoxy) is 2. The number of hydrogen-bond acceptors (Lipinski definition) is 4. The summed E-state index contributed by atoms with van der Waals surface area (Å²) in [5, 5.41) is 0.365. The van der Waals surface area contributed by atoms with E-state index in [-0.39, 0.29) is 21.5 Å². The molecular weight excluding hydrogens is 307 g/mol. The second-order valence-electron chi connectivity index (χ2n) is 4.04. The SMILES string of the molecule is C[C@H](Oc1cc(O[C@H](C)C(N)=O)c(Cl)cc1Cl)C(N)=O. The van der Waals surface area contributed by atoms with Crippen LogP contribution in [0.4, 0.5) is 0 Å². The number of carbonyl (C=O) groups is 2. The van der Waals surface area contributed by atoms with Gasteiger partial charge >= 0.3 is 0 Å². The van der Waals surface area contributed by atoms with Crippen LogP contribution in [0.1, 0.15) is 13.8 Å². The minimum atomic E-state index is -0.880. The lowest BCUT2D eigenvalue weighted by atomic mass is 10.3. The zero-order chi connectivity index (χ0) is 15.4. The summed E-state index contributed by atoms with van der Waals surface area (Å²) in [6.45, 7) is 2.94.